The number of amides is 2. The molecule has 0 bridgehead atoms. The maximum Gasteiger partial charge on any atom is 0.239 e. The molecule has 1 saturated heterocycles. The minimum absolute atomic E-state index is 0.0218. The van der Waals surface area contributed by atoms with Gasteiger partial charge in [0.15, 0.2) is 5.58 Å². The van der Waals surface area contributed by atoms with Crippen molar-refractivity contribution in [3.8, 4) is 0 Å². The van der Waals surface area contributed by atoms with Crippen LogP contribution in [0.5, 0.6) is 0 Å². The van der Waals surface area contributed by atoms with E-state index in [9.17, 15) is 9.59 Å². The Morgan fingerprint density at radius 1 is 1.19 bits per heavy atom. The monoisotopic (exact) mass is 350 g/mol. The second-order valence-electron chi connectivity index (χ2n) is 6.14. The van der Waals surface area contributed by atoms with Crippen LogP contribution in [0.15, 0.2) is 53.1 Å². The molecule has 0 aliphatic carbocycles. The van der Waals surface area contributed by atoms with Gasteiger partial charge < -0.3 is 20.1 Å². The fourth-order valence-corrected chi connectivity index (χ4v) is 3.11. The summed E-state index contributed by atoms with van der Waals surface area (Å²) in [5.74, 6) is -0.204. The summed E-state index contributed by atoms with van der Waals surface area (Å²) in [7, 11) is 0. The van der Waals surface area contributed by atoms with E-state index in [0.717, 1.165) is 11.1 Å². The molecular formula is C19H18N4O3. The van der Waals surface area contributed by atoms with Crippen molar-refractivity contribution in [1.82, 2.24) is 10.5 Å². The molecule has 0 atom stereocenters. The zero-order chi connectivity index (χ0) is 17.9. The maximum atomic E-state index is 12.5. The molecule has 3 aromatic rings. The minimum Gasteiger partial charge on any atom is -0.359 e. The molecule has 0 saturated carbocycles. The molecule has 2 heterocycles. The van der Waals surface area contributed by atoms with E-state index in [0.29, 0.717) is 30.1 Å². The minimum atomic E-state index is -0.182. The average molecular weight is 350 g/mol. The van der Waals surface area contributed by atoms with Gasteiger partial charge in [0.25, 0.3) is 0 Å². The van der Waals surface area contributed by atoms with E-state index >= 15 is 0 Å². The van der Waals surface area contributed by atoms with E-state index in [1.165, 1.54) is 0 Å². The first-order valence-electron chi connectivity index (χ1n) is 8.44. The summed E-state index contributed by atoms with van der Waals surface area (Å²) < 4.78 is 5.25. The van der Waals surface area contributed by atoms with Crippen LogP contribution in [0.2, 0.25) is 0 Å². The lowest BCUT2D eigenvalue weighted by molar-refractivity contribution is -0.120. The van der Waals surface area contributed by atoms with Gasteiger partial charge in [0, 0.05) is 18.5 Å². The molecule has 26 heavy (non-hydrogen) atoms. The van der Waals surface area contributed by atoms with Crippen LogP contribution >= 0.6 is 0 Å². The summed E-state index contributed by atoms with van der Waals surface area (Å²) in [5, 5.41) is 10.6. The van der Waals surface area contributed by atoms with Crippen molar-refractivity contribution in [2.45, 2.75) is 6.42 Å². The van der Waals surface area contributed by atoms with Crippen molar-refractivity contribution >= 4 is 34.2 Å². The molecule has 2 amide bonds. The van der Waals surface area contributed by atoms with Gasteiger partial charge in [0.1, 0.15) is 5.69 Å². The van der Waals surface area contributed by atoms with Crippen LogP contribution in [0.4, 0.5) is 11.4 Å². The summed E-state index contributed by atoms with van der Waals surface area (Å²) >= 11 is 0. The predicted molar refractivity (Wildman–Crippen MR) is 98.0 cm³/mol. The van der Waals surface area contributed by atoms with E-state index in [1.54, 1.807) is 0 Å². The highest BCUT2D eigenvalue weighted by molar-refractivity contribution is 5.97. The summed E-state index contributed by atoms with van der Waals surface area (Å²) in [5.41, 5.74) is 2.78. The summed E-state index contributed by atoms with van der Waals surface area (Å²) in [6, 6.07) is 14.9. The standard InChI is InChI=1S/C19H18N4O3/c24-18(11-15-13-5-1-4-8-17(13)26-22-15)21-14-6-2-3-7-16(14)23-10-9-20-19(25)12-23/h1-8H,9-12H2,(H,20,25)(H,21,24). The molecule has 4 rings (SSSR count). The lowest BCUT2D eigenvalue weighted by atomic mass is 10.1. The van der Waals surface area contributed by atoms with E-state index in [2.05, 4.69) is 15.8 Å². The Bertz CT molecular complexity index is 966. The number of nitrogens with one attached hydrogen (secondary N) is 2. The van der Waals surface area contributed by atoms with E-state index < -0.39 is 0 Å². The van der Waals surface area contributed by atoms with E-state index in [4.69, 9.17) is 4.52 Å². The quantitative estimate of drug-likeness (QED) is 0.751. The van der Waals surface area contributed by atoms with Crippen molar-refractivity contribution in [1.29, 1.82) is 0 Å². The Hall–Kier alpha value is -3.35. The maximum absolute atomic E-state index is 12.5. The van der Waals surface area contributed by atoms with Gasteiger partial charge in [-0.25, -0.2) is 0 Å². The summed E-state index contributed by atoms with van der Waals surface area (Å²) in [6.45, 7) is 1.57. The number of nitrogens with zero attached hydrogens (tertiary/aromatic N) is 2. The molecule has 132 valence electrons. The highest BCUT2D eigenvalue weighted by Crippen LogP contribution is 2.26. The number of rotatable bonds is 4. The number of anilines is 2. The highest BCUT2D eigenvalue weighted by Gasteiger charge is 2.20. The molecule has 2 N–H and O–H groups in total. The first-order valence-corrected chi connectivity index (χ1v) is 8.44. The molecule has 1 aliphatic rings. The third kappa shape index (κ3) is 3.23. The SMILES string of the molecule is O=C1CN(c2ccccc2NC(=O)Cc2noc3ccccc23)CCN1. The van der Waals surface area contributed by atoms with Crippen LogP contribution in [0.1, 0.15) is 5.69 Å². The number of benzene rings is 2. The predicted octanol–water partition coefficient (Wildman–Crippen LogP) is 1.95. The lowest BCUT2D eigenvalue weighted by Gasteiger charge is -2.30. The normalized spacial score (nSPS) is 14.3. The lowest BCUT2D eigenvalue weighted by Crippen LogP contribution is -2.47. The Morgan fingerprint density at radius 2 is 2.00 bits per heavy atom. The van der Waals surface area contributed by atoms with Gasteiger partial charge in [-0.3, -0.25) is 9.59 Å². The number of piperazine rings is 1. The first-order chi connectivity index (χ1) is 12.7. The fourth-order valence-electron chi connectivity index (χ4n) is 3.11. The second kappa shape index (κ2) is 6.87. The number of hydrogen-bond acceptors (Lipinski definition) is 5. The zero-order valence-electron chi connectivity index (χ0n) is 14.1. The van der Waals surface area contributed by atoms with Crippen LogP contribution in [0.3, 0.4) is 0 Å². The molecule has 7 heteroatoms. The molecule has 0 spiro atoms. The molecule has 2 aromatic carbocycles. The van der Waals surface area contributed by atoms with Gasteiger partial charge in [-0.15, -0.1) is 0 Å². The van der Waals surface area contributed by atoms with Crippen molar-refractivity contribution in [2.24, 2.45) is 0 Å². The first kappa shape index (κ1) is 16.1. The van der Waals surface area contributed by atoms with Crippen LogP contribution in [0.25, 0.3) is 11.0 Å². The Balaban J connectivity index is 1.52. The highest BCUT2D eigenvalue weighted by atomic mass is 16.5. The number of hydrogen-bond donors (Lipinski definition) is 2. The number of aromatic nitrogens is 1. The topological polar surface area (TPSA) is 87.5 Å². The van der Waals surface area contributed by atoms with Gasteiger partial charge in [-0.1, -0.05) is 29.4 Å². The van der Waals surface area contributed by atoms with E-state index in [1.807, 2.05) is 53.4 Å². The number of carbonyl (C=O) groups excluding carboxylic acids is 2. The summed E-state index contributed by atoms with van der Waals surface area (Å²) in [4.78, 5) is 26.1. The molecule has 1 fully saturated rings. The smallest absolute Gasteiger partial charge is 0.239 e. The molecular weight excluding hydrogens is 332 g/mol. The third-order valence-electron chi connectivity index (χ3n) is 4.34. The molecule has 1 aromatic heterocycles. The molecule has 0 unspecified atom stereocenters. The van der Waals surface area contributed by atoms with Crippen molar-refractivity contribution in [2.75, 3.05) is 29.9 Å². The molecule has 1 aliphatic heterocycles. The van der Waals surface area contributed by atoms with Gasteiger partial charge in [0.05, 0.1) is 24.3 Å². The Kier molecular flexibility index (Phi) is 4.27. The largest absolute Gasteiger partial charge is 0.359 e. The van der Waals surface area contributed by atoms with E-state index in [-0.39, 0.29) is 24.8 Å². The third-order valence-corrected chi connectivity index (χ3v) is 4.34. The van der Waals surface area contributed by atoms with Crippen LogP contribution < -0.4 is 15.5 Å². The van der Waals surface area contributed by atoms with Crippen LogP contribution in [-0.4, -0.2) is 36.6 Å². The van der Waals surface area contributed by atoms with Crippen molar-refractivity contribution in [3.05, 3.63) is 54.2 Å². The van der Waals surface area contributed by atoms with Crippen molar-refractivity contribution < 1.29 is 14.1 Å². The second-order valence-corrected chi connectivity index (χ2v) is 6.14. The summed E-state index contributed by atoms with van der Waals surface area (Å²) in [6.07, 6.45) is 0.117. The number of carbonyl (C=O) groups is 2. The Morgan fingerprint density at radius 3 is 2.88 bits per heavy atom. The molecule has 0 radical (unpaired) electrons. The average Bonchev–Trinajstić information content (AvgIpc) is 3.05. The zero-order valence-corrected chi connectivity index (χ0v) is 14.1. The van der Waals surface area contributed by atoms with Crippen LogP contribution in [0, 0.1) is 0 Å². The fraction of sp³-hybridized carbons (Fsp3) is 0.211. The van der Waals surface area contributed by atoms with Gasteiger partial charge in [0.2, 0.25) is 11.8 Å². The van der Waals surface area contributed by atoms with Crippen LogP contribution in [-0.2, 0) is 16.0 Å². The Labute approximate surface area is 150 Å². The number of fused-ring (bicyclic) bond motifs is 1. The van der Waals surface area contributed by atoms with Gasteiger partial charge >= 0.3 is 0 Å². The van der Waals surface area contributed by atoms with Gasteiger partial charge in [-0.05, 0) is 24.3 Å². The van der Waals surface area contributed by atoms with Gasteiger partial charge in [-0.2, -0.15) is 0 Å². The van der Waals surface area contributed by atoms with Crippen molar-refractivity contribution in [3.63, 3.8) is 0 Å². The number of para-hydroxylation sites is 3. The molecule has 7 nitrogen and oxygen atoms in total.